The fraction of sp³-hybridized carbons (Fsp3) is 0.400. The minimum absolute atomic E-state index is 0.0894. The first-order valence-electron chi connectivity index (χ1n) is 6.90. The van der Waals surface area contributed by atoms with Crippen molar-refractivity contribution in [2.75, 3.05) is 33.4 Å². The number of benzene rings is 1. The maximum Gasteiger partial charge on any atom is 0.280 e. The molecular weight excluding hydrogens is 288 g/mol. The van der Waals surface area contributed by atoms with Crippen LogP contribution in [0.25, 0.3) is 6.08 Å². The lowest BCUT2D eigenvalue weighted by molar-refractivity contribution is -0.385. The molecule has 1 heterocycles. The second kappa shape index (κ2) is 7.04. The van der Waals surface area contributed by atoms with E-state index in [4.69, 9.17) is 9.47 Å². The van der Waals surface area contributed by atoms with Gasteiger partial charge in [-0.3, -0.25) is 14.9 Å². The van der Waals surface area contributed by atoms with Gasteiger partial charge in [-0.1, -0.05) is 0 Å². The van der Waals surface area contributed by atoms with Crippen molar-refractivity contribution in [1.29, 1.82) is 0 Å². The Morgan fingerprint density at radius 2 is 2.09 bits per heavy atom. The normalized spacial score (nSPS) is 15.5. The van der Waals surface area contributed by atoms with Crippen molar-refractivity contribution in [1.82, 2.24) is 4.90 Å². The Kier molecular flexibility index (Phi) is 5.11. The zero-order valence-electron chi connectivity index (χ0n) is 12.6. The van der Waals surface area contributed by atoms with Gasteiger partial charge in [0.15, 0.2) is 0 Å². The third-order valence-corrected chi connectivity index (χ3v) is 3.44. The van der Waals surface area contributed by atoms with E-state index in [0.717, 1.165) is 0 Å². The molecule has 0 atom stereocenters. The summed E-state index contributed by atoms with van der Waals surface area (Å²) in [7, 11) is 1.45. The Hall–Kier alpha value is -2.41. The van der Waals surface area contributed by atoms with Gasteiger partial charge in [0.05, 0.1) is 36.9 Å². The number of hydrogen-bond acceptors (Lipinski definition) is 5. The zero-order valence-corrected chi connectivity index (χ0v) is 12.6. The summed E-state index contributed by atoms with van der Waals surface area (Å²) < 4.78 is 10.2. The summed E-state index contributed by atoms with van der Waals surface area (Å²) >= 11 is 0. The molecule has 1 fully saturated rings. The number of nitro groups is 1. The summed E-state index contributed by atoms with van der Waals surface area (Å²) in [5.41, 5.74) is 0.744. The number of carbonyl (C=O) groups is 1. The Morgan fingerprint density at radius 3 is 2.68 bits per heavy atom. The van der Waals surface area contributed by atoms with Crippen molar-refractivity contribution in [3.05, 3.63) is 39.4 Å². The monoisotopic (exact) mass is 306 g/mol. The number of nitrogens with zero attached hydrogens (tertiary/aromatic N) is 2. The fourth-order valence-corrected chi connectivity index (χ4v) is 2.24. The Morgan fingerprint density at radius 1 is 1.41 bits per heavy atom. The predicted octanol–water partition coefficient (Wildman–Crippen LogP) is 1.87. The van der Waals surface area contributed by atoms with Crippen LogP contribution in [0.3, 0.4) is 0 Å². The third kappa shape index (κ3) is 3.62. The molecule has 0 saturated carbocycles. The van der Waals surface area contributed by atoms with Crippen LogP contribution < -0.4 is 4.74 Å². The predicted molar refractivity (Wildman–Crippen MR) is 80.7 cm³/mol. The molecule has 118 valence electrons. The van der Waals surface area contributed by atoms with E-state index >= 15 is 0 Å². The molecule has 0 unspecified atom stereocenters. The molecule has 0 spiro atoms. The van der Waals surface area contributed by atoms with E-state index in [1.165, 1.54) is 19.3 Å². The molecule has 0 aromatic heterocycles. The summed E-state index contributed by atoms with van der Waals surface area (Å²) in [6.45, 7) is 3.76. The first kappa shape index (κ1) is 16.0. The number of rotatable bonds is 4. The lowest BCUT2D eigenvalue weighted by Gasteiger charge is -2.27. The van der Waals surface area contributed by atoms with Crippen molar-refractivity contribution in [2.24, 2.45) is 0 Å². The highest BCUT2D eigenvalue weighted by Crippen LogP contribution is 2.26. The van der Waals surface area contributed by atoms with Crippen LogP contribution in [0.1, 0.15) is 12.5 Å². The van der Waals surface area contributed by atoms with Gasteiger partial charge in [-0.05, 0) is 25.1 Å². The highest BCUT2D eigenvalue weighted by atomic mass is 16.6. The SMILES string of the molecule is COc1ccc(C=C(C)C(=O)N2CCOCC2)c([N+](=O)[O-])c1. The summed E-state index contributed by atoms with van der Waals surface area (Å²) in [5, 5.41) is 11.2. The van der Waals surface area contributed by atoms with E-state index in [1.54, 1.807) is 24.0 Å². The van der Waals surface area contributed by atoms with Crippen molar-refractivity contribution in [3.63, 3.8) is 0 Å². The van der Waals surface area contributed by atoms with Gasteiger partial charge >= 0.3 is 0 Å². The van der Waals surface area contributed by atoms with Crippen LogP contribution in [0.15, 0.2) is 23.8 Å². The third-order valence-electron chi connectivity index (χ3n) is 3.44. The molecule has 1 aliphatic heterocycles. The molecule has 1 aromatic carbocycles. The number of nitro benzene ring substituents is 1. The largest absolute Gasteiger partial charge is 0.497 e. The number of ether oxygens (including phenoxy) is 2. The molecular formula is C15H18N2O5. The quantitative estimate of drug-likeness (QED) is 0.482. The van der Waals surface area contributed by atoms with E-state index in [0.29, 0.717) is 43.2 Å². The van der Waals surface area contributed by atoms with Crippen LogP contribution >= 0.6 is 0 Å². The molecule has 0 bridgehead atoms. The van der Waals surface area contributed by atoms with E-state index in [9.17, 15) is 14.9 Å². The standard InChI is InChI=1S/C15H18N2O5/c1-11(15(18)16-5-7-22-8-6-16)9-12-3-4-13(21-2)10-14(12)17(19)20/h3-4,9-10H,5-8H2,1-2H3. The fourth-order valence-electron chi connectivity index (χ4n) is 2.24. The first-order chi connectivity index (χ1) is 10.5. The van der Waals surface area contributed by atoms with Crippen LogP contribution in [0.4, 0.5) is 5.69 Å². The Labute approximate surface area is 128 Å². The average Bonchev–Trinajstić information content (AvgIpc) is 2.55. The molecule has 1 amide bonds. The maximum atomic E-state index is 12.3. The van der Waals surface area contributed by atoms with Crippen molar-refractivity contribution < 1.29 is 19.2 Å². The van der Waals surface area contributed by atoms with E-state index in [1.807, 2.05) is 0 Å². The van der Waals surface area contributed by atoms with Gasteiger partial charge in [-0.15, -0.1) is 0 Å². The zero-order chi connectivity index (χ0) is 16.1. The lowest BCUT2D eigenvalue weighted by Crippen LogP contribution is -2.41. The molecule has 2 rings (SSSR count). The number of hydrogen-bond donors (Lipinski definition) is 0. The molecule has 7 nitrogen and oxygen atoms in total. The van der Waals surface area contributed by atoms with Gasteiger partial charge in [0.1, 0.15) is 5.75 Å². The average molecular weight is 306 g/mol. The number of morpholine rings is 1. The summed E-state index contributed by atoms with van der Waals surface area (Å²) in [6.07, 6.45) is 1.54. The molecule has 1 saturated heterocycles. The van der Waals surface area contributed by atoms with Crippen LogP contribution in [0.5, 0.6) is 5.75 Å². The number of carbonyl (C=O) groups excluding carboxylic acids is 1. The van der Waals surface area contributed by atoms with E-state index < -0.39 is 4.92 Å². The number of amides is 1. The Balaban J connectivity index is 2.27. The molecule has 7 heteroatoms. The Bertz CT molecular complexity index is 606. The van der Waals surface area contributed by atoms with Gasteiger partial charge in [0.25, 0.3) is 5.69 Å². The molecule has 0 radical (unpaired) electrons. The van der Waals surface area contributed by atoms with Crippen molar-refractivity contribution >= 4 is 17.7 Å². The lowest BCUT2D eigenvalue weighted by atomic mass is 10.1. The van der Waals surface area contributed by atoms with Crippen LogP contribution in [0, 0.1) is 10.1 Å². The van der Waals surface area contributed by atoms with Crippen LogP contribution in [-0.2, 0) is 9.53 Å². The summed E-state index contributed by atoms with van der Waals surface area (Å²) in [5.74, 6) is 0.273. The highest BCUT2D eigenvalue weighted by molar-refractivity contribution is 5.97. The van der Waals surface area contributed by atoms with Crippen molar-refractivity contribution in [2.45, 2.75) is 6.92 Å². The summed E-state index contributed by atoms with van der Waals surface area (Å²) in [4.78, 5) is 24.7. The van der Waals surface area contributed by atoms with Crippen LogP contribution in [0.2, 0.25) is 0 Å². The van der Waals surface area contributed by atoms with Gasteiger partial charge in [0.2, 0.25) is 5.91 Å². The van der Waals surface area contributed by atoms with Gasteiger partial charge in [0, 0.05) is 18.7 Å². The van der Waals surface area contributed by atoms with E-state index in [2.05, 4.69) is 0 Å². The minimum atomic E-state index is -0.485. The van der Waals surface area contributed by atoms with Crippen molar-refractivity contribution in [3.8, 4) is 5.75 Å². The second-order valence-electron chi connectivity index (χ2n) is 4.91. The first-order valence-corrected chi connectivity index (χ1v) is 6.90. The van der Waals surface area contributed by atoms with Gasteiger partial charge < -0.3 is 14.4 Å². The second-order valence-corrected chi connectivity index (χ2v) is 4.91. The minimum Gasteiger partial charge on any atom is -0.497 e. The van der Waals surface area contributed by atoms with E-state index in [-0.39, 0.29) is 11.6 Å². The smallest absolute Gasteiger partial charge is 0.280 e. The molecule has 0 aliphatic carbocycles. The molecule has 0 N–H and O–H groups in total. The van der Waals surface area contributed by atoms with Gasteiger partial charge in [-0.2, -0.15) is 0 Å². The maximum absolute atomic E-state index is 12.3. The van der Waals surface area contributed by atoms with Crippen LogP contribution in [-0.4, -0.2) is 49.1 Å². The summed E-state index contributed by atoms with van der Waals surface area (Å²) in [6, 6.07) is 4.55. The highest BCUT2D eigenvalue weighted by Gasteiger charge is 2.20. The molecule has 1 aromatic rings. The van der Waals surface area contributed by atoms with Gasteiger partial charge in [-0.25, -0.2) is 0 Å². The molecule has 22 heavy (non-hydrogen) atoms. The topological polar surface area (TPSA) is 81.9 Å². The number of methoxy groups -OCH3 is 1. The molecule has 1 aliphatic rings.